The Labute approximate surface area is 284 Å². The van der Waals surface area contributed by atoms with Gasteiger partial charge in [0.25, 0.3) is 0 Å². The van der Waals surface area contributed by atoms with Crippen LogP contribution in [0, 0.1) is 13.8 Å². The summed E-state index contributed by atoms with van der Waals surface area (Å²) in [5, 5.41) is 6.43. The highest BCUT2D eigenvalue weighted by Crippen LogP contribution is 2.34. The first-order chi connectivity index (χ1) is 23.4. The van der Waals surface area contributed by atoms with Gasteiger partial charge in [-0.25, -0.2) is 0 Å². The summed E-state index contributed by atoms with van der Waals surface area (Å²) in [6.45, 7) is 11.1. The number of pyridine rings is 1. The molecule has 9 heteroatoms. The zero-order valence-electron chi connectivity index (χ0n) is 28.4. The maximum Gasteiger partial charge on any atom is 0.313 e. The van der Waals surface area contributed by atoms with Gasteiger partial charge in [-0.05, 0) is 93.5 Å². The Kier molecular flexibility index (Phi) is 12.8. The summed E-state index contributed by atoms with van der Waals surface area (Å²) in [4.78, 5) is 32.2. The first-order valence-electron chi connectivity index (χ1n) is 17.1. The third-order valence-electron chi connectivity index (χ3n) is 8.66. The van der Waals surface area contributed by atoms with Crippen molar-refractivity contribution in [1.82, 2.24) is 15.2 Å². The molecule has 4 aromatic rings. The Hall–Kier alpha value is -4.47. The molecule has 1 atom stereocenters. The molecule has 1 unspecified atom stereocenters. The van der Waals surface area contributed by atoms with E-state index in [2.05, 4.69) is 44.8 Å². The van der Waals surface area contributed by atoms with E-state index in [4.69, 9.17) is 14.2 Å². The number of ether oxygens (including phenoxy) is 3. The molecule has 9 nitrogen and oxygen atoms in total. The lowest BCUT2D eigenvalue weighted by atomic mass is 10.0. The van der Waals surface area contributed by atoms with Gasteiger partial charge in [-0.3, -0.25) is 19.5 Å². The Balaban J connectivity index is 1.09. The van der Waals surface area contributed by atoms with Crippen molar-refractivity contribution < 1.29 is 23.8 Å². The van der Waals surface area contributed by atoms with Crippen LogP contribution in [-0.4, -0.2) is 67.2 Å². The van der Waals surface area contributed by atoms with E-state index in [1.165, 1.54) is 5.56 Å². The van der Waals surface area contributed by atoms with E-state index in [1.807, 2.05) is 45.0 Å². The SMILES string of the molecule is Cc1cc2c(Oc3ccc(NC(=O)C(=O)NC(C)CCCCCc4ccccc4)cc3C)ccnc2cc1OCCCN1CCOCC1. The lowest BCUT2D eigenvalue weighted by molar-refractivity contribution is -0.136. The van der Waals surface area contributed by atoms with Crippen LogP contribution in [0.2, 0.25) is 0 Å². The first-order valence-corrected chi connectivity index (χ1v) is 17.1. The fourth-order valence-electron chi connectivity index (χ4n) is 5.91. The van der Waals surface area contributed by atoms with Crippen LogP contribution in [0.1, 0.15) is 55.7 Å². The second-order valence-electron chi connectivity index (χ2n) is 12.6. The number of carbonyl (C=O) groups is 2. The van der Waals surface area contributed by atoms with Crippen LogP contribution in [-0.2, 0) is 20.7 Å². The molecule has 1 aromatic heterocycles. The number of benzene rings is 3. The van der Waals surface area contributed by atoms with Crippen molar-refractivity contribution in [3.05, 3.63) is 89.6 Å². The van der Waals surface area contributed by atoms with E-state index in [0.29, 0.717) is 23.8 Å². The predicted octanol–water partition coefficient (Wildman–Crippen LogP) is 6.99. The highest BCUT2D eigenvalue weighted by atomic mass is 16.5. The van der Waals surface area contributed by atoms with Crippen LogP contribution in [0.5, 0.6) is 17.2 Å². The molecule has 1 fully saturated rings. The van der Waals surface area contributed by atoms with Gasteiger partial charge in [-0.1, -0.05) is 43.2 Å². The second kappa shape index (κ2) is 17.6. The summed E-state index contributed by atoms with van der Waals surface area (Å²) in [5.74, 6) is 0.822. The summed E-state index contributed by atoms with van der Waals surface area (Å²) in [7, 11) is 0. The summed E-state index contributed by atoms with van der Waals surface area (Å²) < 4.78 is 17.9. The minimum Gasteiger partial charge on any atom is -0.493 e. The number of aryl methyl sites for hydroxylation is 3. The Morgan fingerprint density at radius 2 is 1.67 bits per heavy atom. The van der Waals surface area contributed by atoms with Crippen LogP contribution in [0.4, 0.5) is 5.69 Å². The Bertz CT molecular complexity index is 1660. The van der Waals surface area contributed by atoms with Crippen LogP contribution in [0.15, 0.2) is 72.9 Å². The second-order valence-corrected chi connectivity index (χ2v) is 12.6. The quantitative estimate of drug-likeness (QED) is 0.105. The van der Waals surface area contributed by atoms with Crippen molar-refractivity contribution in [2.75, 3.05) is 44.8 Å². The summed E-state index contributed by atoms with van der Waals surface area (Å²) in [6.07, 6.45) is 7.73. The van der Waals surface area contributed by atoms with Crippen LogP contribution in [0.3, 0.4) is 0 Å². The van der Waals surface area contributed by atoms with E-state index in [1.54, 1.807) is 24.4 Å². The molecule has 1 aliphatic rings. The van der Waals surface area contributed by atoms with Crippen molar-refractivity contribution in [3.63, 3.8) is 0 Å². The van der Waals surface area contributed by atoms with Crippen molar-refractivity contribution in [3.8, 4) is 17.2 Å². The van der Waals surface area contributed by atoms with E-state index in [0.717, 1.165) is 99.2 Å². The Morgan fingerprint density at radius 1 is 0.875 bits per heavy atom. The van der Waals surface area contributed by atoms with Crippen LogP contribution in [0.25, 0.3) is 10.9 Å². The number of morpholine rings is 1. The van der Waals surface area contributed by atoms with E-state index >= 15 is 0 Å². The van der Waals surface area contributed by atoms with Gasteiger partial charge in [0.1, 0.15) is 17.2 Å². The molecule has 0 radical (unpaired) electrons. The van der Waals surface area contributed by atoms with E-state index in [-0.39, 0.29) is 6.04 Å². The molecule has 1 aliphatic heterocycles. The standard InChI is InChI=1S/C39H48N4O5/c1-28-25-32(42-39(45)38(44)41-30(3)11-6-4-7-12-31-13-8-5-9-14-31)15-16-35(28)48-36-17-18-40-34-27-37(29(2)26-33(34)36)47-22-10-19-43-20-23-46-24-21-43/h5,8-9,13-18,25-27,30H,4,6-7,10-12,19-24H2,1-3H3,(H,41,44)(H,42,45). The van der Waals surface area contributed by atoms with Gasteiger partial charge in [0.05, 0.1) is 25.3 Å². The molecule has 1 saturated heterocycles. The third-order valence-corrected chi connectivity index (χ3v) is 8.66. The summed E-state index contributed by atoms with van der Waals surface area (Å²) in [5.41, 5.74) is 4.49. The topological polar surface area (TPSA) is 102 Å². The molecular formula is C39H48N4O5. The van der Waals surface area contributed by atoms with Gasteiger partial charge < -0.3 is 24.8 Å². The van der Waals surface area contributed by atoms with E-state index in [9.17, 15) is 9.59 Å². The molecule has 0 saturated carbocycles. The van der Waals surface area contributed by atoms with Gasteiger partial charge in [0.2, 0.25) is 0 Å². The molecule has 3 aromatic carbocycles. The number of rotatable bonds is 15. The number of carbonyl (C=O) groups excluding carboxylic acids is 2. The fourth-order valence-corrected chi connectivity index (χ4v) is 5.91. The molecular weight excluding hydrogens is 604 g/mol. The lowest BCUT2D eigenvalue weighted by Crippen LogP contribution is -2.40. The zero-order valence-corrected chi connectivity index (χ0v) is 28.4. The number of nitrogens with one attached hydrogen (secondary N) is 2. The molecule has 0 bridgehead atoms. The monoisotopic (exact) mass is 652 g/mol. The molecule has 0 aliphatic carbocycles. The van der Waals surface area contributed by atoms with Gasteiger partial charge in [0, 0.05) is 49.0 Å². The number of unbranched alkanes of at least 4 members (excludes halogenated alkanes) is 2. The van der Waals surface area contributed by atoms with Gasteiger partial charge >= 0.3 is 11.8 Å². The maximum atomic E-state index is 12.7. The Morgan fingerprint density at radius 3 is 2.46 bits per heavy atom. The number of fused-ring (bicyclic) bond motifs is 1. The van der Waals surface area contributed by atoms with Gasteiger partial charge in [-0.15, -0.1) is 0 Å². The minimum atomic E-state index is -0.686. The first kappa shape index (κ1) is 34.9. The fraction of sp³-hybridized carbons (Fsp3) is 0.410. The number of nitrogens with zero attached hydrogens (tertiary/aromatic N) is 2. The molecule has 2 heterocycles. The lowest BCUT2D eigenvalue weighted by Gasteiger charge is -2.26. The summed E-state index contributed by atoms with van der Waals surface area (Å²) in [6, 6.07) is 21.6. The molecule has 254 valence electrons. The van der Waals surface area contributed by atoms with Crippen molar-refractivity contribution >= 4 is 28.4 Å². The van der Waals surface area contributed by atoms with Crippen LogP contribution >= 0.6 is 0 Å². The maximum absolute atomic E-state index is 12.7. The van der Waals surface area contributed by atoms with E-state index < -0.39 is 11.8 Å². The van der Waals surface area contributed by atoms with Gasteiger partial charge in [-0.2, -0.15) is 0 Å². The highest BCUT2D eigenvalue weighted by Gasteiger charge is 2.17. The zero-order chi connectivity index (χ0) is 33.7. The third kappa shape index (κ3) is 10.3. The molecule has 2 N–H and O–H groups in total. The highest BCUT2D eigenvalue weighted by molar-refractivity contribution is 6.39. The summed E-state index contributed by atoms with van der Waals surface area (Å²) >= 11 is 0. The number of anilines is 1. The molecule has 2 amide bonds. The van der Waals surface area contributed by atoms with Crippen LogP contribution < -0.4 is 20.1 Å². The van der Waals surface area contributed by atoms with Crippen molar-refractivity contribution in [1.29, 1.82) is 0 Å². The molecule has 0 spiro atoms. The minimum absolute atomic E-state index is 0.0840. The van der Waals surface area contributed by atoms with Gasteiger partial charge in [0.15, 0.2) is 0 Å². The van der Waals surface area contributed by atoms with Crippen molar-refractivity contribution in [2.24, 2.45) is 0 Å². The average Bonchev–Trinajstić information content (AvgIpc) is 3.09. The molecule has 5 rings (SSSR count). The number of amides is 2. The molecule has 48 heavy (non-hydrogen) atoms. The largest absolute Gasteiger partial charge is 0.493 e. The predicted molar refractivity (Wildman–Crippen MR) is 190 cm³/mol. The number of aromatic nitrogens is 1. The number of hydrogen-bond acceptors (Lipinski definition) is 7. The van der Waals surface area contributed by atoms with Crippen molar-refractivity contribution in [2.45, 2.75) is 65.3 Å². The normalized spacial score (nSPS) is 14.0. The smallest absolute Gasteiger partial charge is 0.313 e. The number of hydrogen-bond donors (Lipinski definition) is 2. The average molecular weight is 653 g/mol.